The molecule has 0 spiro atoms. The molecule has 2 amide bonds. The summed E-state index contributed by atoms with van der Waals surface area (Å²) in [4.78, 5) is 16.5. The van der Waals surface area contributed by atoms with E-state index in [1.165, 1.54) is 30.0 Å². The number of hydrogen-bond donors (Lipinski definition) is 1. The average Bonchev–Trinajstić information content (AvgIpc) is 3.06. The zero-order valence-electron chi connectivity index (χ0n) is 11.3. The Hall–Kier alpha value is 0.270. The predicted molar refractivity (Wildman–Crippen MR) is 94.8 cm³/mol. The van der Waals surface area contributed by atoms with Crippen LogP contribution in [0.3, 0.4) is 0 Å². The lowest BCUT2D eigenvalue weighted by molar-refractivity contribution is -0.0831. The smallest absolute Gasteiger partial charge is 0.270 e. The van der Waals surface area contributed by atoms with Crippen LogP contribution in [0.4, 0.5) is 4.79 Å². The number of halogens is 4. The van der Waals surface area contributed by atoms with Gasteiger partial charge in [-0.05, 0) is 24.0 Å². The highest BCUT2D eigenvalue weighted by Gasteiger charge is 2.41. The average molecular weight is 423 g/mol. The van der Waals surface area contributed by atoms with Gasteiger partial charge in [0.2, 0.25) is 0 Å². The maximum Gasteiger partial charge on any atom is 0.371 e. The highest BCUT2D eigenvalue weighted by molar-refractivity contribution is 8.03. The van der Waals surface area contributed by atoms with Gasteiger partial charge >= 0.3 is 6.03 Å². The summed E-state index contributed by atoms with van der Waals surface area (Å²) < 4.78 is -0.479. The van der Waals surface area contributed by atoms with Crippen LogP contribution in [0, 0.1) is 0 Å². The zero-order chi connectivity index (χ0) is 16.5. The lowest BCUT2D eigenvalue weighted by Crippen LogP contribution is -2.33. The third-order valence-corrected chi connectivity index (χ3v) is 4.96. The van der Waals surface area contributed by atoms with E-state index in [1.807, 2.05) is 18.4 Å². The number of urea groups is 1. The van der Waals surface area contributed by atoms with Crippen LogP contribution in [0.5, 0.6) is 0 Å². The molecule has 0 radical (unpaired) electrons. The number of fused-ring (bicyclic) bond motifs is 1. The minimum absolute atomic E-state index is 0.331. The quantitative estimate of drug-likeness (QED) is 0.571. The summed E-state index contributed by atoms with van der Waals surface area (Å²) in [6, 6.07) is 5.60. The summed E-state index contributed by atoms with van der Waals surface area (Å²) in [5.74, 6) is 0. The molecule has 3 aliphatic rings. The van der Waals surface area contributed by atoms with E-state index < -0.39 is 9.16 Å². The maximum absolute atomic E-state index is 11.6. The van der Waals surface area contributed by atoms with Crippen LogP contribution >= 0.6 is 70.1 Å². The largest absolute Gasteiger partial charge is 0.371 e. The Labute approximate surface area is 156 Å². The number of thioether (sulfide) groups is 1. The van der Waals surface area contributed by atoms with Gasteiger partial charge in [-0.25, -0.2) is 4.79 Å². The molecule has 1 N–H and O–H groups in total. The van der Waals surface area contributed by atoms with Crippen molar-refractivity contribution in [1.82, 2.24) is 14.9 Å². The van der Waals surface area contributed by atoms with Crippen LogP contribution < -0.4 is 5.43 Å². The Morgan fingerprint density at radius 1 is 1.36 bits per heavy atom. The molecule has 3 rings (SSSR count). The SMILES string of the molecule is CON1C(=O)N(SC(Cl)(Cl)Cl)NC1SC.Clc1ccc2cc1-2. The van der Waals surface area contributed by atoms with Gasteiger partial charge in [0.25, 0.3) is 3.12 Å². The lowest BCUT2D eigenvalue weighted by atomic mass is 10.5. The van der Waals surface area contributed by atoms with Crippen molar-refractivity contribution < 1.29 is 9.63 Å². The third-order valence-electron chi connectivity index (χ3n) is 2.61. The van der Waals surface area contributed by atoms with Gasteiger partial charge in [0.15, 0.2) is 5.50 Å². The highest BCUT2D eigenvalue weighted by atomic mass is 35.6. The fraction of sp³-hybridized carbons (Fsp3) is 0.364. The van der Waals surface area contributed by atoms with Crippen molar-refractivity contribution >= 4 is 76.1 Å². The Kier molecular flexibility index (Phi) is 6.29. The number of hydroxylamine groups is 2. The van der Waals surface area contributed by atoms with Crippen molar-refractivity contribution in [2.24, 2.45) is 0 Å². The molecule has 1 unspecified atom stereocenters. The van der Waals surface area contributed by atoms with Crippen LogP contribution in [-0.2, 0) is 4.84 Å². The number of carbonyl (C=O) groups excluding carboxylic acids is 1. The molecule has 1 atom stereocenters. The number of carbonyl (C=O) groups is 1. The zero-order valence-corrected chi connectivity index (χ0v) is 16.0. The topological polar surface area (TPSA) is 44.8 Å². The molecule has 5 nitrogen and oxygen atoms in total. The number of benzene rings is 1. The Morgan fingerprint density at radius 3 is 2.32 bits per heavy atom. The van der Waals surface area contributed by atoms with E-state index in [2.05, 4.69) is 11.5 Å². The highest BCUT2D eigenvalue weighted by Crippen LogP contribution is 2.42. The van der Waals surface area contributed by atoms with Crippen LogP contribution in [-0.4, -0.2) is 37.5 Å². The van der Waals surface area contributed by atoms with Gasteiger partial charge in [-0.15, -0.1) is 11.8 Å². The van der Waals surface area contributed by atoms with Gasteiger partial charge in [-0.2, -0.15) is 14.9 Å². The van der Waals surface area contributed by atoms with E-state index in [-0.39, 0.29) is 5.50 Å². The van der Waals surface area contributed by atoms with Crippen molar-refractivity contribution in [2.45, 2.75) is 8.62 Å². The third kappa shape index (κ3) is 4.64. The molecule has 1 fully saturated rings. The van der Waals surface area contributed by atoms with E-state index in [0.29, 0.717) is 0 Å². The Balaban J connectivity index is 0.000000205. The second-order valence-corrected chi connectivity index (χ2v) is 9.47. The fourth-order valence-electron chi connectivity index (χ4n) is 1.61. The van der Waals surface area contributed by atoms with Crippen LogP contribution in [0.2, 0.25) is 5.02 Å². The van der Waals surface area contributed by atoms with Crippen LogP contribution in [0.25, 0.3) is 11.1 Å². The van der Waals surface area contributed by atoms with Crippen molar-refractivity contribution in [3.8, 4) is 11.1 Å². The van der Waals surface area contributed by atoms with Gasteiger partial charge in [0.1, 0.15) is 0 Å². The lowest BCUT2D eigenvalue weighted by Gasteiger charge is -2.17. The summed E-state index contributed by atoms with van der Waals surface area (Å²) in [5.41, 5.74) is 5.02. The monoisotopic (exact) mass is 421 g/mol. The molecular formula is C11H11Cl4N3O2S2. The predicted octanol–water partition coefficient (Wildman–Crippen LogP) is 4.73. The van der Waals surface area contributed by atoms with Crippen molar-refractivity contribution in [3.05, 3.63) is 23.2 Å². The maximum atomic E-state index is 11.6. The van der Waals surface area contributed by atoms with E-state index in [4.69, 9.17) is 51.2 Å². The van der Waals surface area contributed by atoms with Crippen LogP contribution in [0.15, 0.2) is 18.2 Å². The summed E-state index contributed by atoms with van der Waals surface area (Å²) >= 11 is 24.4. The van der Waals surface area contributed by atoms with E-state index >= 15 is 0 Å². The number of nitrogens with one attached hydrogen (secondary N) is 1. The number of amides is 2. The molecule has 11 heteroatoms. The molecule has 1 heterocycles. The van der Waals surface area contributed by atoms with Crippen molar-refractivity contribution in [1.29, 1.82) is 0 Å². The summed E-state index contributed by atoms with van der Waals surface area (Å²) in [7, 11) is 1.40. The van der Waals surface area contributed by atoms with E-state index in [1.54, 1.807) is 0 Å². The molecule has 2 aliphatic carbocycles. The number of hydrogen-bond acceptors (Lipinski definition) is 5. The molecule has 122 valence electrons. The Morgan fingerprint density at radius 2 is 2.05 bits per heavy atom. The van der Waals surface area contributed by atoms with E-state index in [0.717, 1.165) is 26.4 Å². The first kappa shape index (κ1) is 18.6. The van der Waals surface area contributed by atoms with Gasteiger partial charge in [-0.3, -0.25) is 4.84 Å². The molecule has 1 saturated heterocycles. The van der Waals surface area contributed by atoms with Crippen molar-refractivity contribution in [3.63, 3.8) is 0 Å². The van der Waals surface area contributed by atoms with Gasteiger partial charge in [0, 0.05) is 22.5 Å². The van der Waals surface area contributed by atoms with Gasteiger partial charge in [-0.1, -0.05) is 52.5 Å². The first-order valence-corrected chi connectivity index (χ1v) is 9.36. The molecule has 1 aliphatic heterocycles. The molecule has 0 aromatic carbocycles. The van der Waals surface area contributed by atoms with E-state index in [9.17, 15) is 4.79 Å². The summed E-state index contributed by atoms with van der Waals surface area (Å²) in [5, 5.41) is 2.05. The number of rotatable bonds is 3. The van der Waals surface area contributed by atoms with Gasteiger partial charge in [0.05, 0.1) is 7.11 Å². The number of hydrazine groups is 1. The molecule has 0 aromatic heterocycles. The number of nitrogens with zero attached hydrogens (tertiary/aromatic N) is 2. The number of alkyl halides is 3. The minimum Gasteiger partial charge on any atom is -0.270 e. The fourth-order valence-corrected chi connectivity index (χ4v) is 3.62. The first-order valence-electron chi connectivity index (χ1n) is 5.79. The molecule has 22 heavy (non-hydrogen) atoms. The second-order valence-electron chi connectivity index (χ2n) is 4.03. The van der Waals surface area contributed by atoms with Crippen molar-refractivity contribution in [2.75, 3.05) is 13.4 Å². The standard InChI is InChI=1S/C6H3Cl.C5H8Cl3N3O2S2/c7-6-2-1-4-3-5(4)6;1-13-10-3(14-2)9-11(4(10)12)15-5(6,7)8/h1-3H;3,9H,1-2H3. The van der Waals surface area contributed by atoms with Gasteiger partial charge < -0.3 is 0 Å². The first-order chi connectivity index (χ1) is 10.3. The van der Waals surface area contributed by atoms with Crippen LogP contribution in [0.1, 0.15) is 0 Å². The Bertz CT molecular complexity index is 573. The molecule has 0 bridgehead atoms. The molecule has 0 aromatic rings. The molecular weight excluding hydrogens is 412 g/mol. The summed E-state index contributed by atoms with van der Waals surface area (Å²) in [6.45, 7) is 0. The second kappa shape index (κ2) is 7.44. The summed E-state index contributed by atoms with van der Waals surface area (Å²) in [6.07, 6.45) is 1.82. The molecule has 0 saturated carbocycles. The normalized spacial score (nSPS) is 19.2. The minimum atomic E-state index is -1.60.